The monoisotopic (exact) mass is 286 g/mol. The van der Waals surface area contributed by atoms with Gasteiger partial charge in [0.15, 0.2) is 5.82 Å². The van der Waals surface area contributed by atoms with Crippen molar-refractivity contribution in [2.24, 2.45) is 4.99 Å². The third-order valence-electron chi connectivity index (χ3n) is 3.28. The van der Waals surface area contributed by atoms with Gasteiger partial charge in [-0.05, 0) is 24.3 Å². The second kappa shape index (κ2) is 5.17. The number of rotatable bonds is 3. The molecule has 3 rings (SSSR count). The molecule has 0 aliphatic carbocycles. The second-order valence-electron chi connectivity index (χ2n) is 4.54. The van der Waals surface area contributed by atoms with Gasteiger partial charge in [-0.25, -0.2) is 9.98 Å². The number of aromatic nitrogens is 1. The summed E-state index contributed by atoms with van der Waals surface area (Å²) < 4.78 is 17.0. The van der Waals surface area contributed by atoms with E-state index in [-0.39, 0.29) is 0 Å². The molecule has 0 saturated heterocycles. The highest BCUT2D eigenvalue weighted by Crippen LogP contribution is 2.30. The van der Waals surface area contributed by atoms with E-state index in [1.54, 1.807) is 19.6 Å². The number of ether oxygens (including phenoxy) is 1. The van der Waals surface area contributed by atoms with Crippen LogP contribution in [0.15, 0.2) is 46.4 Å². The van der Waals surface area contributed by atoms with Gasteiger partial charge in [-0.2, -0.15) is 0 Å². The van der Waals surface area contributed by atoms with Crippen LogP contribution in [0, 0.1) is 0 Å². The summed E-state index contributed by atoms with van der Waals surface area (Å²) in [5.74, 6) is 1.47. The van der Waals surface area contributed by atoms with Gasteiger partial charge < -0.3 is 4.74 Å². The smallest absolute Gasteiger partial charge is 0.155 e. The molecule has 1 aliphatic rings. The molecule has 0 N–H and O–H groups in total. The predicted molar refractivity (Wildman–Crippen MR) is 79.5 cm³/mol. The van der Waals surface area contributed by atoms with Crippen LogP contribution in [0.3, 0.4) is 0 Å². The lowest BCUT2D eigenvalue weighted by Gasteiger charge is -2.09. The number of methoxy groups -OCH3 is 1. The topological polar surface area (TPSA) is 51.5 Å². The first-order chi connectivity index (χ1) is 9.69. The molecule has 4 nitrogen and oxygen atoms in total. The van der Waals surface area contributed by atoms with Crippen LogP contribution in [-0.2, 0) is 17.2 Å². The maximum absolute atomic E-state index is 11.5. The van der Waals surface area contributed by atoms with E-state index in [9.17, 15) is 4.21 Å². The van der Waals surface area contributed by atoms with E-state index < -0.39 is 10.8 Å². The molecule has 2 aromatic rings. The van der Waals surface area contributed by atoms with E-state index in [0.717, 1.165) is 34.0 Å². The average molecular weight is 286 g/mol. The first kappa shape index (κ1) is 13.0. The van der Waals surface area contributed by atoms with Crippen LogP contribution in [-0.4, -0.2) is 28.3 Å². The number of fused-ring (bicyclic) bond motifs is 1. The Kier molecular flexibility index (Phi) is 3.36. The SMILES string of the molecule is COc1cc(S(C)=O)ccc1C1=Nc2ncccc2C1. The van der Waals surface area contributed by atoms with Crippen LogP contribution in [0.25, 0.3) is 0 Å². The number of hydrogen-bond acceptors (Lipinski definition) is 4. The van der Waals surface area contributed by atoms with E-state index in [1.807, 2.05) is 30.3 Å². The molecule has 0 radical (unpaired) electrons. The van der Waals surface area contributed by atoms with Crippen molar-refractivity contribution in [1.29, 1.82) is 0 Å². The van der Waals surface area contributed by atoms with Crippen LogP contribution in [0.4, 0.5) is 5.82 Å². The van der Waals surface area contributed by atoms with E-state index in [0.29, 0.717) is 5.75 Å². The molecule has 1 atom stereocenters. The van der Waals surface area contributed by atoms with Crippen molar-refractivity contribution in [3.05, 3.63) is 47.7 Å². The molecule has 0 bridgehead atoms. The summed E-state index contributed by atoms with van der Waals surface area (Å²) >= 11 is 0. The lowest BCUT2D eigenvalue weighted by molar-refractivity contribution is 0.412. The molecule has 1 aliphatic heterocycles. The normalized spacial score (nSPS) is 14.6. The fraction of sp³-hybridized carbons (Fsp3) is 0.200. The van der Waals surface area contributed by atoms with Crippen molar-refractivity contribution in [1.82, 2.24) is 4.98 Å². The molecule has 1 aromatic carbocycles. The van der Waals surface area contributed by atoms with Gasteiger partial charge in [0.05, 0.1) is 12.8 Å². The Labute approximate surface area is 120 Å². The fourth-order valence-electron chi connectivity index (χ4n) is 2.26. The maximum atomic E-state index is 11.5. The Morgan fingerprint density at radius 2 is 2.15 bits per heavy atom. The summed E-state index contributed by atoms with van der Waals surface area (Å²) in [6.07, 6.45) is 4.14. The van der Waals surface area contributed by atoms with E-state index in [4.69, 9.17) is 4.74 Å². The van der Waals surface area contributed by atoms with Crippen LogP contribution in [0.2, 0.25) is 0 Å². The number of benzene rings is 1. The van der Waals surface area contributed by atoms with Gasteiger partial charge in [0, 0.05) is 45.7 Å². The van der Waals surface area contributed by atoms with Gasteiger partial charge >= 0.3 is 0 Å². The zero-order valence-electron chi connectivity index (χ0n) is 11.3. The highest BCUT2D eigenvalue weighted by molar-refractivity contribution is 7.84. The zero-order valence-corrected chi connectivity index (χ0v) is 12.1. The molecule has 0 spiro atoms. The van der Waals surface area contributed by atoms with Gasteiger partial charge in [-0.15, -0.1) is 0 Å². The summed E-state index contributed by atoms with van der Waals surface area (Å²) in [4.78, 5) is 9.56. The van der Waals surface area contributed by atoms with E-state index >= 15 is 0 Å². The first-order valence-electron chi connectivity index (χ1n) is 6.22. The zero-order chi connectivity index (χ0) is 14.1. The number of pyridine rings is 1. The molecular weight excluding hydrogens is 272 g/mol. The Balaban J connectivity index is 2.02. The largest absolute Gasteiger partial charge is 0.496 e. The summed E-state index contributed by atoms with van der Waals surface area (Å²) in [6, 6.07) is 9.52. The van der Waals surface area contributed by atoms with Crippen LogP contribution >= 0.6 is 0 Å². The first-order valence-corrected chi connectivity index (χ1v) is 7.78. The summed E-state index contributed by atoms with van der Waals surface area (Å²) in [7, 11) is 0.590. The fourth-order valence-corrected chi connectivity index (χ4v) is 2.79. The Morgan fingerprint density at radius 3 is 2.85 bits per heavy atom. The van der Waals surface area contributed by atoms with Crippen LogP contribution in [0.5, 0.6) is 5.75 Å². The standard InChI is InChI=1S/C15H14N2O2S/c1-19-14-9-11(20(2)18)5-6-12(14)13-8-10-4-3-7-16-15(10)17-13/h3-7,9H,8H2,1-2H3. The summed E-state index contributed by atoms with van der Waals surface area (Å²) in [5, 5.41) is 0. The Morgan fingerprint density at radius 1 is 1.30 bits per heavy atom. The van der Waals surface area contributed by atoms with Gasteiger partial charge in [0.1, 0.15) is 5.75 Å². The Hall–Kier alpha value is -2.01. The molecule has 5 heteroatoms. The predicted octanol–water partition coefficient (Wildman–Crippen LogP) is 2.50. The maximum Gasteiger partial charge on any atom is 0.155 e. The molecule has 1 unspecified atom stereocenters. The third-order valence-corrected chi connectivity index (χ3v) is 4.20. The Bertz CT molecular complexity index is 726. The molecular formula is C15H14N2O2S. The van der Waals surface area contributed by atoms with Gasteiger partial charge in [0.2, 0.25) is 0 Å². The van der Waals surface area contributed by atoms with Gasteiger partial charge in [-0.1, -0.05) is 6.07 Å². The number of hydrogen-bond donors (Lipinski definition) is 0. The molecule has 2 heterocycles. The third kappa shape index (κ3) is 2.25. The van der Waals surface area contributed by atoms with Crippen molar-refractivity contribution < 1.29 is 8.95 Å². The molecule has 1 aromatic heterocycles. The van der Waals surface area contributed by atoms with Crippen molar-refractivity contribution in [3.63, 3.8) is 0 Å². The lowest BCUT2D eigenvalue weighted by atomic mass is 10.0. The average Bonchev–Trinajstić information content (AvgIpc) is 2.90. The molecule has 20 heavy (non-hydrogen) atoms. The minimum Gasteiger partial charge on any atom is -0.496 e. The van der Waals surface area contributed by atoms with Crippen molar-refractivity contribution in [2.45, 2.75) is 11.3 Å². The lowest BCUT2D eigenvalue weighted by Crippen LogP contribution is -2.04. The summed E-state index contributed by atoms with van der Waals surface area (Å²) in [6.45, 7) is 0. The number of nitrogens with zero attached hydrogens (tertiary/aromatic N) is 2. The second-order valence-corrected chi connectivity index (χ2v) is 5.92. The van der Waals surface area contributed by atoms with Crippen molar-refractivity contribution in [2.75, 3.05) is 13.4 Å². The van der Waals surface area contributed by atoms with Crippen LogP contribution < -0.4 is 4.74 Å². The van der Waals surface area contributed by atoms with E-state index in [1.165, 1.54) is 0 Å². The quantitative estimate of drug-likeness (QED) is 0.871. The molecule has 0 fully saturated rings. The highest BCUT2D eigenvalue weighted by atomic mass is 32.2. The van der Waals surface area contributed by atoms with E-state index in [2.05, 4.69) is 9.98 Å². The molecule has 0 amide bonds. The van der Waals surface area contributed by atoms with Crippen molar-refractivity contribution in [3.8, 4) is 5.75 Å². The summed E-state index contributed by atoms with van der Waals surface area (Å²) in [5.41, 5.74) is 2.98. The van der Waals surface area contributed by atoms with Crippen LogP contribution in [0.1, 0.15) is 11.1 Å². The minimum absolute atomic E-state index is 0.698. The van der Waals surface area contributed by atoms with Gasteiger partial charge in [0.25, 0.3) is 0 Å². The highest BCUT2D eigenvalue weighted by Gasteiger charge is 2.20. The molecule has 0 saturated carbocycles. The van der Waals surface area contributed by atoms with Gasteiger partial charge in [-0.3, -0.25) is 4.21 Å². The molecule has 102 valence electrons. The van der Waals surface area contributed by atoms with Crippen molar-refractivity contribution >= 4 is 22.3 Å². The number of aliphatic imine (C=N–C) groups is 1. The minimum atomic E-state index is -1.02.